The Balaban J connectivity index is 1.88. The molecular formula is C12H19NO3. The van der Waals surface area contributed by atoms with Gasteiger partial charge in [0.05, 0.1) is 6.54 Å². The molecule has 1 atom stereocenters. The summed E-state index contributed by atoms with van der Waals surface area (Å²) in [7, 11) is 0. The molecular weight excluding hydrogens is 206 g/mol. The van der Waals surface area contributed by atoms with Gasteiger partial charge in [0.25, 0.3) is 0 Å². The Labute approximate surface area is 95.5 Å². The molecule has 1 aliphatic heterocycles. The number of piperidine rings is 1. The molecule has 1 aliphatic rings. The van der Waals surface area contributed by atoms with Crippen LogP contribution >= 0.6 is 0 Å². The van der Waals surface area contributed by atoms with E-state index in [0.29, 0.717) is 11.7 Å². The first-order chi connectivity index (χ1) is 7.81. The van der Waals surface area contributed by atoms with Gasteiger partial charge in [-0.15, -0.1) is 0 Å². The predicted molar refractivity (Wildman–Crippen MR) is 59.7 cm³/mol. The fourth-order valence-electron chi connectivity index (χ4n) is 2.26. The number of hydrogen-bond acceptors (Lipinski definition) is 4. The maximum atomic E-state index is 9.13. The maximum Gasteiger partial charge on any atom is 0.129 e. The molecule has 0 saturated carbocycles. The van der Waals surface area contributed by atoms with Crippen molar-refractivity contribution in [1.82, 2.24) is 4.90 Å². The molecule has 0 bridgehead atoms. The third-order valence-corrected chi connectivity index (χ3v) is 3.11. The topological polar surface area (TPSA) is 56.8 Å². The molecule has 1 aromatic heterocycles. The van der Waals surface area contributed by atoms with Crippen molar-refractivity contribution in [3.05, 3.63) is 23.7 Å². The van der Waals surface area contributed by atoms with E-state index in [1.165, 1.54) is 0 Å². The molecule has 4 nitrogen and oxygen atoms in total. The van der Waals surface area contributed by atoms with Crippen LogP contribution in [0.15, 0.2) is 16.5 Å². The molecule has 90 valence electrons. The van der Waals surface area contributed by atoms with E-state index in [1.54, 1.807) is 0 Å². The highest BCUT2D eigenvalue weighted by Gasteiger charge is 2.19. The molecule has 16 heavy (non-hydrogen) atoms. The van der Waals surface area contributed by atoms with E-state index in [4.69, 9.17) is 14.6 Å². The van der Waals surface area contributed by atoms with E-state index in [-0.39, 0.29) is 13.2 Å². The summed E-state index contributed by atoms with van der Waals surface area (Å²) in [5, 5.41) is 18.0. The molecule has 0 radical (unpaired) electrons. The molecule has 1 unspecified atom stereocenters. The maximum absolute atomic E-state index is 9.13. The van der Waals surface area contributed by atoms with Crippen molar-refractivity contribution in [3.8, 4) is 0 Å². The minimum absolute atomic E-state index is 0.0424. The molecule has 1 aromatic rings. The number of rotatable bonds is 4. The first kappa shape index (κ1) is 11.6. The van der Waals surface area contributed by atoms with Crippen LogP contribution in [0.4, 0.5) is 0 Å². The van der Waals surface area contributed by atoms with E-state index in [9.17, 15) is 0 Å². The fourth-order valence-corrected chi connectivity index (χ4v) is 2.26. The van der Waals surface area contributed by atoms with Gasteiger partial charge >= 0.3 is 0 Å². The molecule has 1 saturated heterocycles. The predicted octanol–water partition coefficient (Wildman–Crippen LogP) is 0.976. The van der Waals surface area contributed by atoms with Crippen molar-refractivity contribution in [2.45, 2.75) is 26.0 Å². The Morgan fingerprint density at radius 3 is 2.81 bits per heavy atom. The molecule has 0 aliphatic carbocycles. The quantitative estimate of drug-likeness (QED) is 0.802. The van der Waals surface area contributed by atoms with E-state index in [2.05, 4.69) is 4.90 Å². The first-order valence-corrected chi connectivity index (χ1v) is 5.83. The zero-order valence-electron chi connectivity index (χ0n) is 9.43. The highest BCUT2D eigenvalue weighted by Crippen LogP contribution is 2.19. The number of furan rings is 1. The lowest BCUT2D eigenvalue weighted by Gasteiger charge is -2.30. The summed E-state index contributed by atoms with van der Waals surface area (Å²) in [6.45, 7) is 3.00. The van der Waals surface area contributed by atoms with E-state index in [0.717, 1.165) is 38.2 Å². The Morgan fingerprint density at radius 1 is 1.31 bits per heavy atom. The molecule has 0 spiro atoms. The molecule has 0 aromatic carbocycles. The Morgan fingerprint density at radius 2 is 2.12 bits per heavy atom. The minimum atomic E-state index is -0.0424. The van der Waals surface area contributed by atoms with E-state index < -0.39 is 0 Å². The summed E-state index contributed by atoms with van der Waals surface area (Å²) in [5.41, 5.74) is 0. The average Bonchev–Trinajstić information content (AvgIpc) is 2.77. The lowest BCUT2D eigenvalue weighted by Crippen LogP contribution is -2.36. The Kier molecular flexibility index (Phi) is 3.98. The Hall–Kier alpha value is -0.840. The number of likely N-dealkylation sites (tertiary alicyclic amines) is 1. The first-order valence-electron chi connectivity index (χ1n) is 5.83. The summed E-state index contributed by atoms with van der Waals surface area (Å²) < 4.78 is 5.45. The standard InChI is InChI=1S/C12H19NO3/c14-8-10-2-1-5-13(6-10)7-11-3-4-12(9-15)16-11/h3-4,10,14-15H,1-2,5-9H2. The lowest BCUT2D eigenvalue weighted by atomic mass is 9.99. The SMILES string of the molecule is OCc1ccc(CN2CCCC(CO)C2)o1. The average molecular weight is 225 g/mol. The molecule has 2 rings (SSSR count). The molecule has 1 fully saturated rings. The summed E-state index contributed by atoms with van der Waals surface area (Å²) in [5.74, 6) is 1.91. The van der Waals surface area contributed by atoms with Crippen LogP contribution in [0.1, 0.15) is 24.4 Å². The van der Waals surface area contributed by atoms with Gasteiger partial charge in [-0.2, -0.15) is 0 Å². The molecule has 4 heteroatoms. The van der Waals surface area contributed by atoms with Crippen LogP contribution in [0.3, 0.4) is 0 Å². The highest BCUT2D eigenvalue weighted by atomic mass is 16.4. The van der Waals surface area contributed by atoms with Crippen molar-refractivity contribution < 1.29 is 14.6 Å². The van der Waals surface area contributed by atoms with Gasteiger partial charge in [0.2, 0.25) is 0 Å². The zero-order valence-corrected chi connectivity index (χ0v) is 9.43. The lowest BCUT2D eigenvalue weighted by molar-refractivity contribution is 0.109. The number of nitrogens with zero attached hydrogens (tertiary/aromatic N) is 1. The van der Waals surface area contributed by atoms with Crippen molar-refractivity contribution >= 4 is 0 Å². The van der Waals surface area contributed by atoms with Crippen LogP contribution in [0, 0.1) is 5.92 Å². The number of aliphatic hydroxyl groups excluding tert-OH is 2. The van der Waals surface area contributed by atoms with Gasteiger partial charge < -0.3 is 14.6 Å². The normalized spacial score (nSPS) is 22.5. The van der Waals surface area contributed by atoms with Gasteiger partial charge in [-0.05, 0) is 37.4 Å². The van der Waals surface area contributed by atoms with Gasteiger partial charge in [0, 0.05) is 13.2 Å². The zero-order chi connectivity index (χ0) is 11.4. The largest absolute Gasteiger partial charge is 0.462 e. The summed E-state index contributed by atoms with van der Waals surface area (Å²) >= 11 is 0. The van der Waals surface area contributed by atoms with E-state index >= 15 is 0 Å². The van der Waals surface area contributed by atoms with E-state index in [1.807, 2.05) is 12.1 Å². The number of aliphatic hydroxyl groups is 2. The molecule has 2 heterocycles. The summed E-state index contributed by atoms with van der Waals surface area (Å²) in [6, 6.07) is 3.72. The smallest absolute Gasteiger partial charge is 0.129 e. The Bertz CT molecular complexity index is 324. The van der Waals surface area contributed by atoms with Crippen LogP contribution in [0.2, 0.25) is 0 Å². The van der Waals surface area contributed by atoms with Crippen LogP contribution < -0.4 is 0 Å². The molecule has 0 amide bonds. The highest BCUT2D eigenvalue weighted by molar-refractivity contribution is 5.06. The van der Waals surface area contributed by atoms with Crippen molar-refractivity contribution in [3.63, 3.8) is 0 Å². The molecule has 2 N–H and O–H groups in total. The summed E-state index contributed by atoms with van der Waals surface area (Å²) in [6.07, 6.45) is 2.26. The van der Waals surface area contributed by atoms with Gasteiger partial charge in [-0.1, -0.05) is 0 Å². The van der Waals surface area contributed by atoms with Crippen molar-refractivity contribution in [2.75, 3.05) is 19.7 Å². The van der Waals surface area contributed by atoms with Crippen LogP contribution in [0.5, 0.6) is 0 Å². The van der Waals surface area contributed by atoms with Gasteiger partial charge in [0.1, 0.15) is 18.1 Å². The van der Waals surface area contributed by atoms with Crippen molar-refractivity contribution in [2.24, 2.45) is 5.92 Å². The second-order valence-electron chi connectivity index (χ2n) is 4.45. The second-order valence-corrected chi connectivity index (χ2v) is 4.45. The second kappa shape index (κ2) is 5.48. The van der Waals surface area contributed by atoms with Crippen LogP contribution in [0.25, 0.3) is 0 Å². The third-order valence-electron chi connectivity index (χ3n) is 3.11. The van der Waals surface area contributed by atoms with Crippen molar-refractivity contribution in [1.29, 1.82) is 0 Å². The van der Waals surface area contributed by atoms with Crippen LogP contribution in [-0.2, 0) is 13.2 Å². The fraction of sp³-hybridized carbons (Fsp3) is 0.667. The van der Waals surface area contributed by atoms with Gasteiger partial charge in [-0.25, -0.2) is 0 Å². The number of hydrogen-bond donors (Lipinski definition) is 2. The van der Waals surface area contributed by atoms with Gasteiger partial charge in [0.15, 0.2) is 0 Å². The van der Waals surface area contributed by atoms with Crippen LogP contribution in [-0.4, -0.2) is 34.8 Å². The third kappa shape index (κ3) is 2.84. The summed E-state index contributed by atoms with van der Waals surface area (Å²) in [4.78, 5) is 2.30. The van der Waals surface area contributed by atoms with Gasteiger partial charge in [-0.3, -0.25) is 4.90 Å². The minimum Gasteiger partial charge on any atom is -0.462 e. The monoisotopic (exact) mass is 225 g/mol.